The minimum Gasteiger partial charge on any atom is -0.490 e. The van der Waals surface area contributed by atoms with E-state index in [2.05, 4.69) is 36.4 Å². The molecular formula is C29H26N2O4. The Labute approximate surface area is 204 Å². The topological polar surface area (TPSA) is 94.6 Å². The fourth-order valence-corrected chi connectivity index (χ4v) is 4.77. The standard InChI is InChI=1S/C29H26N2O4/c1-2-33-26-15-21(27-22(16-30)29(31)35-25-9-5-8-23(32)28(25)27)12-13-24(26)34-17-18-10-11-19-6-3-4-7-20(19)14-18/h3-4,6-7,10-15,27H,2,5,8-9,17,31H2,1H3/t27-/m0/s1. The van der Waals surface area contributed by atoms with E-state index < -0.39 is 5.92 Å². The van der Waals surface area contributed by atoms with E-state index in [4.69, 9.17) is 19.9 Å². The predicted molar refractivity (Wildman–Crippen MR) is 132 cm³/mol. The van der Waals surface area contributed by atoms with E-state index in [0.717, 1.165) is 16.5 Å². The van der Waals surface area contributed by atoms with Crippen molar-refractivity contribution in [1.82, 2.24) is 0 Å². The zero-order valence-electron chi connectivity index (χ0n) is 19.5. The van der Waals surface area contributed by atoms with Crippen molar-refractivity contribution in [2.45, 2.75) is 38.7 Å². The Balaban J connectivity index is 1.47. The average Bonchev–Trinajstić information content (AvgIpc) is 2.87. The third-order valence-electron chi connectivity index (χ3n) is 6.41. The van der Waals surface area contributed by atoms with Gasteiger partial charge in [-0.3, -0.25) is 4.79 Å². The summed E-state index contributed by atoms with van der Waals surface area (Å²) in [5, 5.41) is 12.2. The number of hydrogen-bond donors (Lipinski definition) is 1. The Kier molecular flexibility index (Phi) is 6.15. The lowest BCUT2D eigenvalue weighted by molar-refractivity contribution is -0.116. The summed E-state index contributed by atoms with van der Waals surface area (Å²) in [5.41, 5.74) is 8.64. The van der Waals surface area contributed by atoms with Gasteiger partial charge in [-0.1, -0.05) is 42.5 Å². The van der Waals surface area contributed by atoms with Crippen LogP contribution < -0.4 is 15.2 Å². The summed E-state index contributed by atoms with van der Waals surface area (Å²) in [6.07, 6.45) is 1.77. The van der Waals surface area contributed by atoms with Gasteiger partial charge >= 0.3 is 0 Å². The molecule has 0 amide bonds. The molecule has 0 aromatic heterocycles. The van der Waals surface area contributed by atoms with Gasteiger partial charge in [0.15, 0.2) is 17.3 Å². The van der Waals surface area contributed by atoms with Crippen molar-refractivity contribution in [2.24, 2.45) is 5.73 Å². The van der Waals surface area contributed by atoms with Gasteiger partial charge in [0.25, 0.3) is 0 Å². The number of carbonyl (C=O) groups is 1. The molecule has 3 aromatic carbocycles. The van der Waals surface area contributed by atoms with E-state index in [9.17, 15) is 10.1 Å². The number of rotatable bonds is 6. The lowest BCUT2D eigenvalue weighted by Crippen LogP contribution is -2.27. The van der Waals surface area contributed by atoms with Crippen LogP contribution in [0.4, 0.5) is 0 Å². The SMILES string of the molecule is CCOc1cc([C@H]2C(C#N)=C(N)OC3=C2C(=O)CCC3)ccc1OCc1ccc2ccccc2c1. The molecule has 0 saturated carbocycles. The molecule has 5 rings (SSSR count). The number of allylic oxidation sites excluding steroid dienone is 3. The van der Waals surface area contributed by atoms with Crippen LogP contribution in [-0.4, -0.2) is 12.4 Å². The molecule has 2 aliphatic rings. The first kappa shape index (κ1) is 22.5. The van der Waals surface area contributed by atoms with Crippen LogP contribution in [0, 0.1) is 11.3 Å². The molecule has 1 aliphatic carbocycles. The fraction of sp³-hybridized carbons (Fsp3) is 0.241. The lowest BCUT2D eigenvalue weighted by atomic mass is 9.77. The van der Waals surface area contributed by atoms with Crippen molar-refractivity contribution in [3.63, 3.8) is 0 Å². The number of nitrogens with two attached hydrogens (primary N) is 1. The fourth-order valence-electron chi connectivity index (χ4n) is 4.77. The molecule has 0 unspecified atom stereocenters. The molecule has 2 N–H and O–H groups in total. The zero-order valence-corrected chi connectivity index (χ0v) is 19.5. The number of carbonyl (C=O) groups excluding carboxylic acids is 1. The van der Waals surface area contributed by atoms with Crippen LogP contribution in [0.2, 0.25) is 0 Å². The molecule has 0 spiro atoms. The number of nitriles is 1. The second-order valence-electron chi connectivity index (χ2n) is 8.65. The number of hydrogen-bond acceptors (Lipinski definition) is 6. The molecule has 6 heteroatoms. The largest absolute Gasteiger partial charge is 0.490 e. The van der Waals surface area contributed by atoms with Crippen LogP contribution in [0.25, 0.3) is 10.8 Å². The molecule has 1 atom stereocenters. The second kappa shape index (κ2) is 9.55. The summed E-state index contributed by atoms with van der Waals surface area (Å²) in [6.45, 7) is 2.73. The van der Waals surface area contributed by atoms with Crippen LogP contribution >= 0.6 is 0 Å². The molecule has 0 bridgehead atoms. The molecule has 1 heterocycles. The number of benzene rings is 3. The van der Waals surface area contributed by atoms with Crippen molar-refractivity contribution in [2.75, 3.05) is 6.61 Å². The minimum absolute atomic E-state index is 0.00825. The maximum Gasteiger partial charge on any atom is 0.205 e. The van der Waals surface area contributed by atoms with Gasteiger partial charge in [0, 0.05) is 18.4 Å². The van der Waals surface area contributed by atoms with Gasteiger partial charge in [0.05, 0.1) is 12.5 Å². The van der Waals surface area contributed by atoms with Crippen molar-refractivity contribution >= 4 is 16.6 Å². The highest BCUT2D eigenvalue weighted by Crippen LogP contribution is 2.45. The molecule has 0 radical (unpaired) electrons. The van der Waals surface area contributed by atoms with Crippen LogP contribution in [0.3, 0.4) is 0 Å². The molecule has 1 aliphatic heterocycles. The summed E-state index contributed by atoms with van der Waals surface area (Å²) < 4.78 is 17.7. The molecule has 0 fully saturated rings. The van der Waals surface area contributed by atoms with Crippen LogP contribution in [0.5, 0.6) is 11.5 Å². The summed E-state index contributed by atoms with van der Waals surface area (Å²) >= 11 is 0. The number of ether oxygens (including phenoxy) is 3. The van der Waals surface area contributed by atoms with Crippen molar-refractivity contribution in [3.8, 4) is 17.6 Å². The lowest BCUT2D eigenvalue weighted by Gasteiger charge is -2.31. The highest BCUT2D eigenvalue weighted by molar-refractivity contribution is 5.99. The highest BCUT2D eigenvalue weighted by atomic mass is 16.5. The molecule has 6 nitrogen and oxygen atoms in total. The summed E-state index contributed by atoms with van der Waals surface area (Å²) in [5.74, 6) is 1.18. The smallest absolute Gasteiger partial charge is 0.205 e. The Bertz CT molecular complexity index is 1410. The minimum atomic E-state index is -0.578. The van der Waals surface area contributed by atoms with Gasteiger partial charge < -0.3 is 19.9 Å². The van der Waals surface area contributed by atoms with E-state index in [1.165, 1.54) is 5.39 Å². The van der Waals surface area contributed by atoms with Crippen LogP contribution in [-0.2, 0) is 16.1 Å². The second-order valence-corrected chi connectivity index (χ2v) is 8.65. The van der Waals surface area contributed by atoms with E-state index in [0.29, 0.717) is 55.3 Å². The summed E-state index contributed by atoms with van der Waals surface area (Å²) in [7, 11) is 0. The van der Waals surface area contributed by atoms with E-state index in [1.807, 2.05) is 37.3 Å². The summed E-state index contributed by atoms with van der Waals surface area (Å²) in [4.78, 5) is 12.8. The predicted octanol–water partition coefficient (Wildman–Crippen LogP) is 5.63. The third kappa shape index (κ3) is 4.33. The maximum absolute atomic E-state index is 12.8. The van der Waals surface area contributed by atoms with Crippen LogP contribution in [0.15, 0.2) is 83.5 Å². The van der Waals surface area contributed by atoms with E-state index >= 15 is 0 Å². The average molecular weight is 467 g/mol. The normalized spacial score (nSPS) is 17.6. The van der Waals surface area contributed by atoms with Crippen molar-refractivity contribution in [3.05, 3.63) is 94.6 Å². The first-order chi connectivity index (χ1) is 17.1. The van der Waals surface area contributed by atoms with Crippen LogP contribution in [0.1, 0.15) is 43.2 Å². The first-order valence-corrected chi connectivity index (χ1v) is 11.8. The molecular weight excluding hydrogens is 440 g/mol. The Morgan fingerprint density at radius 2 is 1.86 bits per heavy atom. The van der Waals surface area contributed by atoms with E-state index in [1.54, 1.807) is 0 Å². The molecule has 35 heavy (non-hydrogen) atoms. The quantitative estimate of drug-likeness (QED) is 0.506. The highest BCUT2D eigenvalue weighted by Gasteiger charge is 2.38. The van der Waals surface area contributed by atoms with Gasteiger partial charge in [-0.15, -0.1) is 0 Å². The number of fused-ring (bicyclic) bond motifs is 1. The Morgan fingerprint density at radius 1 is 1.03 bits per heavy atom. The monoisotopic (exact) mass is 466 g/mol. The van der Waals surface area contributed by atoms with Gasteiger partial charge in [0.2, 0.25) is 5.88 Å². The first-order valence-electron chi connectivity index (χ1n) is 11.8. The van der Waals surface area contributed by atoms with Gasteiger partial charge in [-0.25, -0.2) is 0 Å². The Hall–Kier alpha value is -4.24. The number of nitrogens with zero attached hydrogens (tertiary/aromatic N) is 1. The maximum atomic E-state index is 12.8. The number of Topliss-reactive ketones (excluding diaryl/α,β-unsaturated/α-hetero) is 1. The van der Waals surface area contributed by atoms with Gasteiger partial charge in [0.1, 0.15) is 24.0 Å². The van der Waals surface area contributed by atoms with Crippen molar-refractivity contribution < 1.29 is 19.0 Å². The molecule has 176 valence electrons. The zero-order chi connectivity index (χ0) is 24.4. The van der Waals surface area contributed by atoms with Crippen molar-refractivity contribution in [1.29, 1.82) is 5.26 Å². The third-order valence-corrected chi connectivity index (χ3v) is 6.41. The molecule has 3 aromatic rings. The summed E-state index contributed by atoms with van der Waals surface area (Å²) in [6, 6.07) is 22.1. The number of ketones is 1. The van der Waals surface area contributed by atoms with Gasteiger partial charge in [-0.2, -0.15) is 5.26 Å². The molecule has 0 saturated heterocycles. The van der Waals surface area contributed by atoms with E-state index in [-0.39, 0.29) is 17.2 Å². The Morgan fingerprint density at radius 3 is 2.66 bits per heavy atom. The van der Waals surface area contributed by atoms with Gasteiger partial charge in [-0.05, 0) is 53.4 Å².